The summed E-state index contributed by atoms with van der Waals surface area (Å²) >= 11 is 1.90. The fourth-order valence-corrected chi connectivity index (χ4v) is 3.88. The molecule has 2 aliphatic rings. The van der Waals surface area contributed by atoms with E-state index in [0.717, 1.165) is 23.8 Å². The van der Waals surface area contributed by atoms with E-state index in [2.05, 4.69) is 16.5 Å². The number of carbonyl (C=O) groups is 1. The Balaban J connectivity index is 1.79. The molecular weight excluding hydrogens is 236 g/mol. The van der Waals surface area contributed by atoms with E-state index in [9.17, 15) is 4.79 Å². The predicted molar refractivity (Wildman–Crippen MR) is 66.4 cm³/mol. The summed E-state index contributed by atoms with van der Waals surface area (Å²) in [6.45, 7) is 2.22. The molecule has 1 fully saturated rings. The Bertz CT molecular complexity index is 457. The van der Waals surface area contributed by atoms with Crippen LogP contribution in [0.1, 0.15) is 34.6 Å². The second kappa shape index (κ2) is 4.05. The van der Waals surface area contributed by atoms with E-state index >= 15 is 0 Å². The Hall–Kier alpha value is -0.970. The van der Waals surface area contributed by atoms with Crippen LogP contribution in [0.4, 0.5) is 0 Å². The summed E-state index contributed by atoms with van der Waals surface area (Å²) in [5, 5.41) is 7.17. The Labute approximate surface area is 104 Å². The lowest BCUT2D eigenvalue weighted by atomic mass is 10.1. The average molecular weight is 252 g/mol. The van der Waals surface area contributed by atoms with E-state index in [-0.39, 0.29) is 5.97 Å². The summed E-state index contributed by atoms with van der Waals surface area (Å²) in [7, 11) is 0. The predicted octanol–water partition coefficient (Wildman–Crippen LogP) is 1.84. The van der Waals surface area contributed by atoms with Crippen molar-refractivity contribution in [2.75, 3.05) is 18.6 Å². The first-order valence-corrected chi connectivity index (χ1v) is 7.40. The van der Waals surface area contributed by atoms with Crippen LogP contribution in [0.5, 0.6) is 0 Å². The largest absolute Gasteiger partial charge is 0.461 e. The van der Waals surface area contributed by atoms with Gasteiger partial charge in [-0.3, -0.25) is 5.10 Å². The number of fused-ring (bicyclic) bond motifs is 3. The number of nitrogens with zero attached hydrogens (tertiary/aromatic N) is 1. The Morgan fingerprint density at radius 3 is 3.18 bits per heavy atom. The first-order valence-electron chi connectivity index (χ1n) is 6.01. The maximum atomic E-state index is 11.7. The van der Waals surface area contributed by atoms with Gasteiger partial charge in [0, 0.05) is 17.2 Å². The SMILES string of the molecule is CCOC(=O)c1n[nH]c2c1C[C@H]1[C@H](CSC)[C@@H]21. The highest BCUT2D eigenvalue weighted by Crippen LogP contribution is 2.62. The van der Waals surface area contributed by atoms with Crippen LogP contribution in [0.25, 0.3) is 0 Å². The minimum atomic E-state index is -0.285. The molecule has 1 saturated carbocycles. The van der Waals surface area contributed by atoms with E-state index < -0.39 is 0 Å². The standard InChI is InChI=1S/C12H16N2O2S/c1-3-16-12(15)11-7-4-6-8(5-17-2)9(6)10(7)13-14-11/h6,8-9H,3-5H2,1-2H3,(H,13,14)/t6-,8-,9-/m0/s1. The molecule has 17 heavy (non-hydrogen) atoms. The van der Waals surface area contributed by atoms with Crippen molar-refractivity contribution in [2.24, 2.45) is 11.8 Å². The average Bonchev–Trinajstić information content (AvgIpc) is 2.70. The van der Waals surface area contributed by atoms with E-state index in [1.807, 2.05) is 18.7 Å². The van der Waals surface area contributed by atoms with Crippen LogP contribution in [0.2, 0.25) is 0 Å². The van der Waals surface area contributed by atoms with Crippen LogP contribution in [-0.4, -0.2) is 34.8 Å². The van der Waals surface area contributed by atoms with Crippen LogP contribution in [0.15, 0.2) is 0 Å². The molecule has 0 bridgehead atoms. The number of hydrogen-bond donors (Lipinski definition) is 1. The Morgan fingerprint density at radius 2 is 2.47 bits per heavy atom. The number of aromatic nitrogens is 2. The lowest BCUT2D eigenvalue weighted by Gasteiger charge is -2.03. The second-order valence-electron chi connectivity index (χ2n) is 4.70. The zero-order valence-electron chi connectivity index (χ0n) is 10.0. The molecule has 0 saturated heterocycles. The maximum Gasteiger partial charge on any atom is 0.359 e. The van der Waals surface area contributed by atoms with Gasteiger partial charge in [0.1, 0.15) is 0 Å². The molecule has 0 aromatic carbocycles. The number of nitrogens with one attached hydrogen (secondary N) is 1. The fourth-order valence-electron chi connectivity index (χ4n) is 3.04. The number of H-pyrrole nitrogens is 1. The maximum absolute atomic E-state index is 11.7. The summed E-state index contributed by atoms with van der Waals surface area (Å²) in [5.41, 5.74) is 2.81. The zero-order valence-corrected chi connectivity index (χ0v) is 10.8. The highest BCUT2D eigenvalue weighted by atomic mass is 32.2. The van der Waals surface area contributed by atoms with Gasteiger partial charge in [-0.05, 0) is 37.2 Å². The van der Waals surface area contributed by atoms with Gasteiger partial charge in [-0.2, -0.15) is 16.9 Å². The molecule has 2 aliphatic carbocycles. The molecule has 3 atom stereocenters. The molecule has 0 spiro atoms. The van der Waals surface area contributed by atoms with Crippen molar-refractivity contribution in [3.8, 4) is 0 Å². The quantitative estimate of drug-likeness (QED) is 0.831. The monoisotopic (exact) mass is 252 g/mol. The summed E-state index contributed by atoms with van der Waals surface area (Å²) in [6.07, 6.45) is 3.14. The topological polar surface area (TPSA) is 55.0 Å². The van der Waals surface area contributed by atoms with Gasteiger partial charge in [0.15, 0.2) is 5.69 Å². The third-order valence-corrected chi connectivity index (χ3v) is 4.55. The van der Waals surface area contributed by atoms with Crippen molar-refractivity contribution in [3.63, 3.8) is 0 Å². The number of thioether (sulfide) groups is 1. The van der Waals surface area contributed by atoms with Crippen LogP contribution in [0.3, 0.4) is 0 Å². The molecule has 1 N–H and O–H groups in total. The zero-order chi connectivity index (χ0) is 12.0. The van der Waals surface area contributed by atoms with Gasteiger partial charge in [0.25, 0.3) is 0 Å². The highest BCUT2D eigenvalue weighted by molar-refractivity contribution is 7.98. The van der Waals surface area contributed by atoms with Crippen molar-refractivity contribution in [1.29, 1.82) is 0 Å². The van der Waals surface area contributed by atoms with E-state index in [1.165, 1.54) is 11.4 Å². The first-order chi connectivity index (χ1) is 8.27. The smallest absolute Gasteiger partial charge is 0.359 e. The molecule has 0 unspecified atom stereocenters. The van der Waals surface area contributed by atoms with E-state index in [1.54, 1.807) is 0 Å². The fraction of sp³-hybridized carbons (Fsp3) is 0.667. The molecular formula is C12H16N2O2S. The van der Waals surface area contributed by atoms with Crippen LogP contribution >= 0.6 is 11.8 Å². The van der Waals surface area contributed by atoms with Gasteiger partial charge in [-0.25, -0.2) is 4.79 Å². The number of rotatable bonds is 4. The molecule has 0 radical (unpaired) electrons. The van der Waals surface area contributed by atoms with Gasteiger partial charge in [0.05, 0.1) is 6.61 Å². The van der Waals surface area contributed by atoms with Gasteiger partial charge in [0.2, 0.25) is 0 Å². The minimum absolute atomic E-state index is 0.285. The van der Waals surface area contributed by atoms with Crippen LogP contribution in [-0.2, 0) is 11.2 Å². The number of ether oxygens (including phenoxy) is 1. The minimum Gasteiger partial charge on any atom is -0.461 e. The van der Waals surface area contributed by atoms with Crippen molar-refractivity contribution >= 4 is 17.7 Å². The molecule has 1 aromatic rings. The van der Waals surface area contributed by atoms with Gasteiger partial charge in [-0.1, -0.05) is 0 Å². The van der Waals surface area contributed by atoms with Gasteiger partial charge >= 0.3 is 5.97 Å². The van der Waals surface area contributed by atoms with E-state index in [0.29, 0.717) is 18.2 Å². The van der Waals surface area contributed by atoms with Crippen LogP contribution in [0, 0.1) is 11.8 Å². The molecule has 3 rings (SSSR count). The number of esters is 1. The van der Waals surface area contributed by atoms with Crippen molar-refractivity contribution < 1.29 is 9.53 Å². The molecule has 0 amide bonds. The molecule has 4 nitrogen and oxygen atoms in total. The second-order valence-corrected chi connectivity index (χ2v) is 5.61. The molecule has 1 heterocycles. The summed E-state index contributed by atoms with van der Waals surface area (Å²) in [6, 6.07) is 0. The molecule has 5 heteroatoms. The molecule has 92 valence electrons. The number of carbonyl (C=O) groups excluding carboxylic acids is 1. The lowest BCUT2D eigenvalue weighted by Crippen LogP contribution is -2.08. The third kappa shape index (κ3) is 1.59. The number of aromatic amines is 1. The summed E-state index contributed by atoms with van der Waals surface area (Å²) in [5.74, 6) is 3.07. The molecule has 1 aromatic heterocycles. The van der Waals surface area contributed by atoms with E-state index in [4.69, 9.17) is 4.74 Å². The molecule has 0 aliphatic heterocycles. The van der Waals surface area contributed by atoms with Crippen LogP contribution < -0.4 is 0 Å². The van der Waals surface area contributed by atoms with Gasteiger partial charge < -0.3 is 4.74 Å². The summed E-state index contributed by atoms with van der Waals surface area (Å²) in [4.78, 5) is 11.7. The highest BCUT2D eigenvalue weighted by Gasteiger charge is 2.57. The number of hydrogen-bond acceptors (Lipinski definition) is 4. The normalized spacial score (nSPS) is 28.7. The Kier molecular flexibility index (Phi) is 2.65. The lowest BCUT2D eigenvalue weighted by molar-refractivity contribution is 0.0518. The Morgan fingerprint density at radius 1 is 1.65 bits per heavy atom. The van der Waals surface area contributed by atoms with Crippen molar-refractivity contribution in [1.82, 2.24) is 10.2 Å². The first kappa shape index (κ1) is 11.1. The van der Waals surface area contributed by atoms with Crippen molar-refractivity contribution in [3.05, 3.63) is 17.0 Å². The summed E-state index contributed by atoms with van der Waals surface area (Å²) < 4.78 is 5.01. The van der Waals surface area contributed by atoms with Gasteiger partial charge in [-0.15, -0.1) is 0 Å². The third-order valence-electron chi connectivity index (χ3n) is 3.83. The van der Waals surface area contributed by atoms with Crippen molar-refractivity contribution in [2.45, 2.75) is 19.3 Å².